The first-order chi connectivity index (χ1) is 8.79. The van der Waals surface area contributed by atoms with Crippen LogP contribution in [0.25, 0.3) is 0 Å². The second-order valence-corrected chi connectivity index (χ2v) is 5.07. The first-order valence-corrected chi connectivity index (χ1v) is 6.78. The second kappa shape index (κ2) is 6.83. The Morgan fingerprint density at radius 3 is 3.00 bits per heavy atom. The van der Waals surface area contributed by atoms with Crippen LogP contribution in [0.2, 0.25) is 0 Å². The summed E-state index contributed by atoms with van der Waals surface area (Å²) in [5.41, 5.74) is 2.54. The average molecular weight is 248 g/mol. The molecule has 0 saturated carbocycles. The molecule has 1 fully saturated rings. The number of pyridine rings is 1. The predicted octanol–water partition coefficient (Wildman–Crippen LogP) is 0.939. The van der Waals surface area contributed by atoms with Crippen LogP contribution in [-0.2, 0) is 13.1 Å². The second-order valence-electron chi connectivity index (χ2n) is 5.07. The number of hydrogen-bond acceptors (Lipinski definition) is 4. The Balaban J connectivity index is 1.99. The fraction of sp³-hybridized carbons (Fsp3) is 0.643. The molecule has 0 amide bonds. The molecule has 100 valence electrons. The van der Waals surface area contributed by atoms with E-state index in [0.29, 0.717) is 0 Å². The maximum absolute atomic E-state index is 4.55. The molecule has 0 radical (unpaired) electrons. The fourth-order valence-corrected chi connectivity index (χ4v) is 2.43. The minimum atomic E-state index is 0.900. The summed E-state index contributed by atoms with van der Waals surface area (Å²) in [6.07, 6.45) is 3.16. The zero-order chi connectivity index (χ0) is 12.8. The Morgan fingerprint density at radius 1 is 1.28 bits per heavy atom. The lowest BCUT2D eigenvalue weighted by Crippen LogP contribution is -2.29. The largest absolute Gasteiger partial charge is 0.316 e. The van der Waals surface area contributed by atoms with E-state index in [4.69, 9.17) is 0 Å². The monoisotopic (exact) mass is 248 g/mol. The van der Waals surface area contributed by atoms with Gasteiger partial charge in [0.25, 0.3) is 0 Å². The number of hydrogen-bond donors (Lipinski definition) is 1. The SMILES string of the molecule is CNCc1cccnc1CN1CCCN(C)CC1. The van der Waals surface area contributed by atoms with Crippen molar-refractivity contribution in [1.29, 1.82) is 0 Å². The summed E-state index contributed by atoms with van der Waals surface area (Å²) in [4.78, 5) is 9.47. The zero-order valence-electron chi connectivity index (χ0n) is 11.5. The van der Waals surface area contributed by atoms with E-state index in [1.807, 2.05) is 19.3 Å². The van der Waals surface area contributed by atoms with Crippen LogP contribution in [0.1, 0.15) is 17.7 Å². The summed E-state index contributed by atoms with van der Waals surface area (Å²) in [6.45, 7) is 6.57. The predicted molar refractivity (Wildman–Crippen MR) is 74.4 cm³/mol. The molecule has 2 heterocycles. The van der Waals surface area contributed by atoms with Crippen molar-refractivity contribution in [3.63, 3.8) is 0 Å². The van der Waals surface area contributed by atoms with E-state index < -0.39 is 0 Å². The standard InChI is InChI=1S/C14H24N4/c1-15-11-13-5-3-6-16-14(13)12-18-8-4-7-17(2)9-10-18/h3,5-6,15H,4,7-12H2,1-2H3. The van der Waals surface area contributed by atoms with Gasteiger partial charge < -0.3 is 10.2 Å². The molecular weight excluding hydrogens is 224 g/mol. The number of nitrogens with zero attached hydrogens (tertiary/aromatic N) is 3. The van der Waals surface area contributed by atoms with E-state index >= 15 is 0 Å². The Bertz CT molecular complexity index is 367. The van der Waals surface area contributed by atoms with Crippen molar-refractivity contribution in [2.75, 3.05) is 40.3 Å². The third kappa shape index (κ3) is 3.77. The summed E-state index contributed by atoms with van der Waals surface area (Å²) < 4.78 is 0. The lowest BCUT2D eigenvalue weighted by Gasteiger charge is -2.21. The molecule has 18 heavy (non-hydrogen) atoms. The smallest absolute Gasteiger partial charge is 0.0588 e. The summed E-state index contributed by atoms with van der Waals surface area (Å²) >= 11 is 0. The average Bonchev–Trinajstić information content (AvgIpc) is 2.57. The van der Waals surface area contributed by atoms with Gasteiger partial charge in [0.05, 0.1) is 5.69 Å². The first kappa shape index (κ1) is 13.5. The van der Waals surface area contributed by atoms with E-state index in [1.165, 1.54) is 30.8 Å². The van der Waals surface area contributed by atoms with Gasteiger partial charge >= 0.3 is 0 Å². The minimum Gasteiger partial charge on any atom is -0.316 e. The topological polar surface area (TPSA) is 31.4 Å². The highest BCUT2D eigenvalue weighted by molar-refractivity contribution is 5.19. The van der Waals surface area contributed by atoms with Crippen LogP contribution in [0.4, 0.5) is 0 Å². The van der Waals surface area contributed by atoms with Gasteiger partial charge in [-0.1, -0.05) is 6.07 Å². The molecule has 0 bridgehead atoms. The van der Waals surface area contributed by atoms with E-state index in [2.05, 4.69) is 33.2 Å². The van der Waals surface area contributed by atoms with Gasteiger partial charge in [0, 0.05) is 32.4 Å². The van der Waals surface area contributed by atoms with Crippen LogP contribution in [0.5, 0.6) is 0 Å². The third-order valence-electron chi connectivity index (χ3n) is 3.54. The molecule has 1 saturated heterocycles. The van der Waals surface area contributed by atoms with Gasteiger partial charge in [-0.2, -0.15) is 0 Å². The van der Waals surface area contributed by atoms with Crippen LogP contribution in [0.15, 0.2) is 18.3 Å². The summed E-state index contributed by atoms with van der Waals surface area (Å²) in [5.74, 6) is 0. The van der Waals surface area contributed by atoms with Crippen molar-refractivity contribution in [2.24, 2.45) is 0 Å². The molecule has 1 aromatic rings. The molecule has 0 unspecified atom stereocenters. The molecule has 0 aromatic carbocycles. The van der Waals surface area contributed by atoms with Crippen molar-refractivity contribution < 1.29 is 0 Å². The Kier molecular flexibility index (Phi) is 5.11. The van der Waals surface area contributed by atoms with Crippen LogP contribution in [0, 0.1) is 0 Å². The quantitative estimate of drug-likeness (QED) is 0.859. The van der Waals surface area contributed by atoms with Crippen molar-refractivity contribution in [2.45, 2.75) is 19.5 Å². The van der Waals surface area contributed by atoms with Crippen molar-refractivity contribution in [1.82, 2.24) is 20.1 Å². The van der Waals surface area contributed by atoms with Crippen LogP contribution >= 0.6 is 0 Å². The van der Waals surface area contributed by atoms with E-state index in [9.17, 15) is 0 Å². The van der Waals surface area contributed by atoms with Crippen molar-refractivity contribution >= 4 is 0 Å². The lowest BCUT2D eigenvalue weighted by atomic mass is 10.2. The molecule has 4 nitrogen and oxygen atoms in total. The van der Waals surface area contributed by atoms with Crippen LogP contribution in [0.3, 0.4) is 0 Å². The summed E-state index contributed by atoms with van der Waals surface area (Å²) in [7, 11) is 4.19. The molecule has 1 aromatic heterocycles. The minimum absolute atomic E-state index is 0.900. The van der Waals surface area contributed by atoms with Gasteiger partial charge in [-0.25, -0.2) is 0 Å². The van der Waals surface area contributed by atoms with Gasteiger partial charge in [-0.05, 0) is 45.2 Å². The molecule has 0 spiro atoms. The maximum Gasteiger partial charge on any atom is 0.0588 e. The van der Waals surface area contributed by atoms with Gasteiger partial charge in [0.15, 0.2) is 0 Å². The van der Waals surface area contributed by atoms with E-state index in [0.717, 1.165) is 26.2 Å². The summed E-state index contributed by atoms with van der Waals surface area (Å²) in [6, 6.07) is 4.19. The molecule has 1 aliphatic rings. The highest BCUT2D eigenvalue weighted by atomic mass is 15.2. The summed E-state index contributed by atoms with van der Waals surface area (Å²) in [5, 5.41) is 3.21. The molecule has 0 atom stereocenters. The van der Waals surface area contributed by atoms with Crippen LogP contribution in [-0.4, -0.2) is 55.1 Å². The van der Waals surface area contributed by atoms with Crippen molar-refractivity contribution in [3.8, 4) is 0 Å². The number of likely N-dealkylation sites (N-methyl/N-ethyl adjacent to an activating group) is 1. The van der Waals surface area contributed by atoms with Crippen molar-refractivity contribution in [3.05, 3.63) is 29.6 Å². The number of rotatable bonds is 4. The van der Waals surface area contributed by atoms with Gasteiger partial charge in [-0.15, -0.1) is 0 Å². The molecule has 0 aliphatic carbocycles. The third-order valence-corrected chi connectivity index (χ3v) is 3.54. The maximum atomic E-state index is 4.55. The van der Waals surface area contributed by atoms with Gasteiger partial charge in [0.1, 0.15) is 0 Å². The van der Waals surface area contributed by atoms with E-state index in [-0.39, 0.29) is 0 Å². The van der Waals surface area contributed by atoms with E-state index in [1.54, 1.807) is 0 Å². The molecular formula is C14H24N4. The Hall–Kier alpha value is -0.970. The molecule has 1 N–H and O–H groups in total. The van der Waals surface area contributed by atoms with Gasteiger partial charge in [-0.3, -0.25) is 9.88 Å². The fourth-order valence-electron chi connectivity index (χ4n) is 2.43. The molecule has 4 heteroatoms. The lowest BCUT2D eigenvalue weighted by molar-refractivity contribution is 0.265. The highest BCUT2D eigenvalue weighted by Crippen LogP contribution is 2.10. The zero-order valence-corrected chi connectivity index (χ0v) is 11.5. The molecule has 2 rings (SSSR count). The van der Waals surface area contributed by atoms with Gasteiger partial charge in [0.2, 0.25) is 0 Å². The number of aromatic nitrogens is 1. The normalized spacial score (nSPS) is 18.8. The number of nitrogens with one attached hydrogen (secondary N) is 1. The highest BCUT2D eigenvalue weighted by Gasteiger charge is 2.14. The first-order valence-electron chi connectivity index (χ1n) is 6.78. The molecule has 1 aliphatic heterocycles. The Morgan fingerprint density at radius 2 is 2.17 bits per heavy atom. The Labute approximate surface area is 110 Å². The van der Waals surface area contributed by atoms with Crippen LogP contribution < -0.4 is 5.32 Å².